The van der Waals surface area contributed by atoms with Crippen LogP contribution in [0.25, 0.3) is 0 Å². The van der Waals surface area contributed by atoms with Crippen LogP contribution in [-0.4, -0.2) is 50.1 Å². The second-order valence-corrected chi connectivity index (χ2v) is 7.69. The standard InChI is InChI=1S/C13H25N3O4S/c1-11(2)20-12(17)15-21(18,19)16-9-8-14-10-13(16)6-4-3-5-7-13/h11,14H,3-10H2,1-2H3,(H,15,17). The van der Waals surface area contributed by atoms with E-state index < -0.39 is 21.8 Å². The van der Waals surface area contributed by atoms with Crippen molar-refractivity contribution in [3.8, 4) is 0 Å². The molecule has 0 aromatic carbocycles. The zero-order chi connectivity index (χ0) is 15.5. The Balaban J connectivity index is 2.14. The van der Waals surface area contributed by atoms with E-state index in [1.807, 2.05) is 4.72 Å². The predicted molar refractivity (Wildman–Crippen MR) is 79.1 cm³/mol. The maximum atomic E-state index is 12.5. The second-order valence-electron chi connectivity index (χ2n) is 6.10. The van der Waals surface area contributed by atoms with E-state index in [0.29, 0.717) is 19.6 Å². The van der Waals surface area contributed by atoms with Gasteiger partial charge >= 0.3 is 16.3 Å². The highest BCUT2D eigenvalue weighted by Gasteiger charge is 2.46. The molecule has 1 saturated heterocycles. The number of piperazine rings is 1. The normalized spacial score (nSPS) is 23.2. The molecule has 21 heavy (non-hydrogen) atoms. The van der Waals surface area contributed by atoms with Crippen molar-refractivity contribution >= 4 is 16.3 Å². The summed E-state index contributed by atoms with van der Waals surface area (Å²) in [7, 11) is -3.87. The van der Waals surface area contributed by atoms with Crippen molar-refractivity contribution < 1.29 is 17.9 Å². The van der Waals surface area contributed by atoms with Crippen LogP contribution in [0.5, 0.6) is 0 Å². The number of ether oxygens (including phenoxy) is 1. The summed E-state index contributed by atoms with van der Waals surface area (Å²) < 4.78 is 33.5. The molecule has 1 saturated carbocycles. The number of carbonyl (C=O) groups excluding carboxylic acids is 1. The fourth-order valence-electron chi connectivity index (χ4n) is 3.24. The van der Waals surface area contributed by atoms with Crippen LogP contribution < -0.4 is 10.0 Å². The van der Waals surface area contributed by atoms with Gasteiger partial charge in [-0.1, -0.05) is 19.3 Å². The van der Waals surface area contributed by atoms with Gasteiger partial charge in [0.2, 0.25) is 0 Å². The molecule has 2 aliphatic rings. The Labute approximate surface area is 126 Å². The molecule has 2 fully saturated rings. The first kappa shape index (κ1) is 16.5. The fraction of sp³-hybridized carbons (Fsp3) is 0.923. The van der Waals surface area contributed by atoms with E-state index in [2.05, 4.69) is 5.32 Å². The molecule has 0 atom stereocenters. The number of nitrogens with zero attached hydrogens (tertiary/aromatic N) is 1. The largest absolute Gasteiger partial charge is 0.446 e. The Bertz CT molecular complexity index is 464. The van der Waals surface area contributed by atoms with Crippen LogP contribution in [0.2, 0.25) is 0 Å². The lowest BCUT2D eigenvalue weighted by Gasteiger charge is -2.48. The average molecular weight is 319 g/mol. The molecule has 1 aliphatic heterocycles. The highest BCUT2D eigenvalue weighted by molar-refractivity contribution is 7.87. The topological polar surface area (TPSA) is 87.7 Å². The van der Waals surface area contributed by atoms with E-state index in [1.165, 1.54) is 4.31 Å². The summed E-state index contributed by atoms with van der Waals surface area (Å²) in [6, 6.07) is 0. The van der Waals surface area contributed by atoms with Crippen LogP contribution in [0.1, 0.15) is 46.0 Å². The summed E-state index contributed by atoms with van der Waals surface area (Å²) in [6.45, 7) is 4.98. The summed E-state index contributed by atoms with van der Waals surface area (Å²) in [5.41, 5.74) is -0.402. The van der Waals surface area contributed by atoms with Gasteiger partial charge in [-0.15, -0.1) is 0 Å². The Morgan fingerprint density at radius 3 is 2.57 bits per heavy atom. The lowest BCUT2D eigenvalue weighted by atomic mass is 9.80. The van der Waals surface area contributed by atoms with E-state index in [0.717, 1.165) is 32.1 Å². The van der Waals surface area contributed by atoms with Crippen LogP contribution in [0.15, 0.2) is 0 Å². The molecule has 0 radical (unpaired) electrons. The zero-order valence-corrected chi connectivity index (χ0v) is 13.5. The third kappa shape index (κ3) is 3.87. The number of hydrogen-bond acceptors (Lipinski definition) is 5. The van der Waals surface area contributed by atoms with Crippen molar-refractivity contribution in [1.82, 2.24) is 14.3 Å². The van der Waals surface area contributed by atoms with Gasteiger partial charge in [0.05, 0.1) is 11.6 Å². The van der Waals surface area contributed by atoms with Crippen molar-refractivity contribution in [3.05, 3.63) is 0 Å². The van der Waals surface area contributed by atoms with Crippen LogP contribution in [0.4, 0.5) is 4.79 Å². The molecule has 1 aliphatic carbocycles. The van der Waals surface area contributed by atoms with Gasteiger partial charge in [0, 0.05) is 19.6 Å². The highest BCUT2D eigenvalue weighted by atomic mass is 32.2. The monoisotopic (exact) mass is 319 g/mol. The number of nitrogens with one attached hydrogen (secondary N) is 2. The molecule has 2 N–H and O–H groups in total. The summed E-state index contributed by atoms with van der Waals surface area (Å²) in [5.74, 6) is 0. The molecule has 7 nitrogen and oxygen atoms in total. The smallest absolute Gasteiger partial charge is 0.422 e. The molecule has 0 bridgehead atoms. The Kier molecular flexibility index (Phi) is 5.11. The SMILES string of the molecule is CC(C)OC(=O)NS(=O)(=O)N1CCNCC12CCCCC2. The van der Waals surface area contributed by atoms with Crippen molar-refractivity contribution in [3.63, 3.8) is 0 Å². The van der Waals surface area contributed by atoms with Gasteiger partial charge in [0.1, 0.15) is 0 Å². The van der Waals surface area contributed by atoms with Crippen molar-refractivity contribution in [2.45, 2.75) is 57.6 Å². The summed E-state index contributed by atoms with van der Waals surface area (Å²) >= 11 is 0. The minimum absolute atomic E-state index is 0.355. The zero-order valence-electron chi connectivity index (χ0n) is 12.7. The van der Waals surface area contributed by atoms with Gasteiger partial charge < -0.3 is 10.1 Å². The summed E-state index contributed by atoms with van der Waals surface area (Å²) in [5, 5.41) is 3.28. The number of hydrogen-bond donors (Lipinski definition) is 2. The molecule has 0 unspecified atom stereocenters. The third-order valence-corrected chi connectivity index (χ3v) is 5.68. The molecule has 2 rings (SSSR count). The van der Waals surface area contributed by atoms with E-state index >= 15 is 0 Å². The quantitative estimate of drug-likeness (QED) is 0.809. The third-order valence-electron chi connectivity index (χ3n) is 4.10. The average Bonchev–Trinajstić information content (AvgIpc) is 2.38. The van der Waals surface area contributed by atoms with E-state index in [9.17, 15) is 13.2 Å². The Hall–Kier alpha value is -0.860. The molecule has 0 aromatic rings. The minimum atomic E-state index is -3.87. The van der Waals surface area contributed by atoms with Crippen molar-refractivity contribution in [1.29, 1.82) is 0 Å². The van der Waals surface area contributed by atoms with Crippen LogP contribution in [-0.2, 0) is 14.9 Å². The first-order valence-electron chi connectivity index (χ1n) is 7.58. The molecule has 0 aromatic heterocycles. The van der Waals surface area contributed by atoms with Gasteiger partial charge in [-0.05, 0) is 26.7 Å². The van der Waals surface area contributed by atoms with Gasteiger partial charge in [0.15, 0.2) is 0 Å². The van der Waals surface area contributed by atoms with E-state index in [1.54, 1.807) is 13.8 Å². The van der Waals surface area contributed by atoms with Gasteiger partial charge in [-0.25, -0.2) is 9.52 Å². The molecule has 1 amide bonds. The van der Waals surface area contributed by atoms with Gasteiger partial charge in [0.25, 0.3) is 0 Å². The molecule has 122 valence electrons. The maximum Gasteiger partial charge on any atom is 0.422 e. The van der Waals surface area contributed by atoms with Gasteiger partial charge in [-0.3, -0.25) is 0 Å². The maximum absolute atomic E-state index is 12.5. The molecule has 1 heterocycles. The molecule has 8 heteroatoms. The van der Waals surface area contributed by atoms with Crippen molar-refractivity contribution in [2.24, 2.45) is 0 Å². The lowest BCUT2D eigenvalue weighted by molar-refractivity contribution is 0.0963. The highest BCUT2D eigenvalue weighted by Crippen LogP contribution is 2.35. The summed E-state index contributed by atoms with van der Waals surface area (Å²) in [6.07, 6.45) is 3.58. The fourth-order valence-corrected chi connectivity index (χ4v) is 4.69. The number of rotatable bonds is 3. The summed E-state index contributed by atoms with van der Waals surface area (Å²) in [4.78, 5) is 11.6. The second kappa shape index (κ2) is 6.50. The van der Waals surface area contributed by atoms with Crippen molar-refractivity contribution in [2.75, 3.05) is 19.6 Å². The molecular formula is C13H25N3O4S. The number of carbonyl (C=O) groups is 1. The minimum Gasteiger partial charge on any atom is -0.446 e. The number of amides is 1. The Morgan fingerprint density at radius 2 is 1.95 bits per heavy atom. The van der Waals surface area contributed by atoms with Crippen LogP contribution in [0, 0.1) is 0 Å². The predicted octanol–water partition coefficient (Wildman–Crippen LogP) is 0.974. The lowest BCUT2D eigenvalue weighted by Crippen LogP contribution is -2.65. The van der Waals surface area contributed by atoms with Crippen LogP contribution in [0.3, 0.4) is 0 Å². The first-order valence-corrected chi connectivity index (χ1v) is 9.02. The molecule has 1 spiro atoms. The molecular weight excluding hydrogens is 294 g/mol. The van der Waals surface area contributed by atoms with E-state index in [4.69, 9.17) is 4.74 Å². The Morgan fingerprint density at radius 1 is 1.29 bits per heavy atom. The first-order chi connectivity index (χ1) is 9.86. The van der Waals surface area contributed by atoms with E-state index in [-0.39, 0.29) is 6.10 Å². The van der Waals surface area contributed by atoms with Gasteiger partial charge in [-0.2, -0.15) is 12.7 Å². The van der Waals surface area contributed by atoms with Crippen LogP contribution >= 0.6 is 0 Å².